The number of thiophene rings is 1. The predicted molar refractivity (Wildman–Crippen MR) is 31.7 cm³/mol. The third kappa shape index (κ3) is 0.869. The zero-order valence-electron chi connectivity index (χ0n) is 4.05. The monoisotopic (exact) mass is 126 g/mol. The van der Waals surface area contributed by atoms with E-state index in [1.165, 1.54) is 11.3 Å². The van der Waals surface area contributed by atoms with E-state index >= 15 is 0 Å². The number of carbonyl (C=O) groups excluding carboxylic acids is 1. The first-order chi connectivity index (χ1) is 3.80. The Morgan fingerprint density at radius 1 is 1.88 bits per heavy atom. The van der Waals surface area contributed by atoms with Gasteiger partial charge in [0.2, 0.25) is 0 Å². The lowest BCUT2D eigenvalue weighted by molar-refractivity contribution is 0.100. The predicted octanol–water partition coefficient (Wildman–Crippen LogP) is 0.647. The molecule has 0 saturated carbocycles. The minimum Gasteiger partial charge on any atom is -0.365 e. The van der Waals surface area contributed by atoms with Gasteiger partial charge in [-0.25, -0.2) is 0 Å². The maximum absolute atomic E-state index is 10.3. The summed E-state index contributed by atoms with van der Waals surface area (Å²) in [6, 6.07) is 4.31. The highest BCUT2D eigenvalue weighted by atomic mass is 32.1. The summed E-state index contributed by atoms with van der Waals surface area (Å²) in [5.41, 5.74) is 4.91. The van der Waals surface area contributed by atoms with Crippen LogP contribution in [0.4, 0.5) is 0 Å². The van der Waals surface area contributed by atoms with Crippen molar-refractivity contribution in [1.82, 2.24) is 0 Å². The quantitative estimate of drug-likeness (QED) is 0.589. The van der Waals surface area contributed by atoms with Crippen LogP contribution in [-0.4, -0.2) is 5.91 Å². The topological polar surface area (TPSA) is 43.1 Å². The number of nitrogens with two attached hydrogens (primary N) is 1. The van der Waals surface area contributed by atoms with E-state index in [0.29, 0.717) is 4.88 Å². The lowest BCUT2D eigenvalue weighted by Gasteiger charge is -1.80. The summed E-state index contributed by atoms with van der Waals surface area (Å²) in [6.45, 7) is 0. The van der Waals surface area contributed by atoms with Crippen molar-refractivity contribution in [2.45, 2.75) is 0 Å². The minimum absolute atomic E-state index is 0.378. The Balaban J connectivity index is 2.93. The van der Waals surface area contributed by atoms with Gasteiger partial charge in [-0.05, 0) is 17.5 Å². The Bertz CT molecular complexity index is 180. The van der Waals surface area contributed by atoms with Crippen molar-refractivity contribution in [3.63, 3.8) is 0 Å². The summed E-state index contributed by atoms with van der Waals surface area (Å²) in [5, 5.41) is 1.69. The van der Waals surface area contributed by atoms with Gasteiger partial charge in [-0.15, -0.1) is 11.3 Å². The molecule has 1 heterocycles. The number of carbonyl (C=O) groups is 1. The number of hydrogen-bond donors (Lipinski definition) is 1. The molecule has 0 atom stereocenters. The first-order valence-electron chi connectivity index (χ1n) is 2.05. The fraction of sp³-hybridized carbons (Fsp3) is 0. The molecule has 8 heavy (non-hydrogen) atoms. The van der Waals surface area contributed by atoms with Gasteiger partial charge < -0.3 is 5.73 Å². The number of hydrogen-bond acceptors (Lipinski definition) is 2. The van der Waals surface area contributed by atoms with Gasteiger partial charge in [0.15, 0.2) is 0 Å². The molecule has 1 rings (SSSR count). The van der Waals surface area contributed by atoms with Crippen LogP contribution in [0.5, 0.6) is 0 Å². The first kappa shape index (κ1) is 5.31. The third-order valence-corrected chi connectivity index (χ3v) is 1.54. The molecule has 0 spiro atoms. The second-order valence-corrected chi connectivity index (χ2v) is 2.19. The highest BCUT2D eigenvalue weighted by Crippen LogP contribution is 2.04. The number of amides is 1. The molecule has 0 unspecified atom stereocenters. The van der Waals surface area contributed by atoms with Crippen molar-refractivity contribution in [2.24, 2.45) is 5.73 Å². The summed E-state index contributed by atoms with van der Waals surface area (Å²) in [4.78, 5) is 10.8. The number of primary amides is 1. The Morgan fingerprint density at radius 2 is 2.62 bits per heavy atom. The van der Waals surface area contributed by atoms with Crippen molar-refractivity contribution in [1.29, 1.82) is 0 Å². The molecule has 41 valence electrons. The molecule has 0 fully saturated rings. The van der Waals surface area contributed by atoms with Crippen LogP contribution in [0.15, 0.2) is 11.4 Å². The molecule has 1 radical (unpaired) electrons. The highest BCUT2D eigenvalue weighted by molar-refractivity contribution is 7.12. The average Bonchev–Trinajstić information content (AvgIpc) is 2.12. The summed E-state index contributed by atoms with van der Waals surface area (Å²) >= 11 is 1.30. The Hall–Kier alpha value is -0.830. The lowest BCUT2D eigenvalue weighted by Crippen LogP contribution is -2.07. The van der Waals surface area contributed by atoms with E-state index in [0.717, 1.165) is 0 Å². The van der Waals surface area contributed by atoms with Gasteiger partial charge in [0.1, 0.15) is 0 Å². The largest absolute Gasteiger partial charge is 0.365 e. The molecular formula is C5H4NOS. The fourth-order valence-corrected chi connectivity index (χ4v) is 0.886. The normalized spacial score (nSPS) is 9.00. The van der Waals surface area contributed by atoms with Crippen molar-refractivity contribution >= 4 is 17.2 Å². The summed E-state index contributed by atoms with van der Waals surface area (Å²) < 4.78 is 0. The molecule has 1 aromatic rings. The van der Waals surface area contributed by atoms with Gasteiger partial charge in [0.25, 0.3) is 5.91 Å². The maximum Gasteiger partial charge on any atom is 0.258 e. The standard InChI is InChI=1S/C5H4NOS/c6-5(7)4-2-1-3-8-4/h2-3H,(H2,6,7). The molecule has 0 aromatic carbocycles. The van der Waals surface area contributed by atoms with Gasteiger partial charge in [0.05, 0.1) is 4.88 Å². The third-order valence-electron chi connectivity index (χ3n) is 0.711. The molecule has 2 nitrogen and oxygen atoms in total. The molecule has 1 amide bonds. The second-order valence-electron chi connectivity index (χ2n) is 1.28. The second kappa shape index (κ2) is 1.96. The Morgan fingerprint density at radius 3 is 2.88 bits per heavy atom. The summed E-state index contributed by atoms with van der Waals surface area (Å²) in [6.07, 6.45) is 0. The molecule has 2 N–H and O–H groups in total. The van der Waals surface area contributed by atoms with Crippen LogP contribution in [0.25, 0.3) is 0 Å². The molecule has 1 aromatic heterocycles. The lowest BCUT2D eigenvalue weighted by atomic mass is 10.5. The van der Waals surface area contributed by atoms with E-state index in [9.17, 15) is 4.79 Å². The fourth-order valence-electron chi connectivity index (χ4n) is 0.370. The van der Waals surface area contributed by atoms with Crippen LogP contribution in [0.3, 0.4) is 0 Å². The zero-order valence-corrected chi connectivity index (χ0v) is 4.87. The molecule has 0 saturated heterocycles. The van der Waals surface area contributed by atoms with E-state index in [1.54, 1.807) is 11.4 Å². The van der Waals surface area contributed by atoms with Crippen molar-refractivity contribution < 1.29 is 4.79 Å². The zero-order chi connectivity index (χ0) is 5.98. The highest BCUT2D eigenvalue weighted by Gasteiger charge is 1.96. The van der Waals surface area contributed by atoms with E-state index < -0.39 is 0 Å². The van der Waals surface area contributed by atoms with E-state index in [1.807, 2.05) is 0 Å². The van der Waals surface area contributed by atoms with E-state index in [-0.39, 0.29) is 5.91 Å². The van der Waals surface area contributed by atoms with Crippen molar-refractivity contribution in [2.75, 3.05) is 0 Å². The SMILES string of the molecule is NC(=O)c1c[c]cs1. The molecule has 0 bridgehead atoms. The maximum atomic E-state index is 10.3. The average molecular weight is 126 g/mol. The molecule has 3 heteroatoms. The van der Waals surface area contributed by atoms with E-state index in [4.69, 9.17) is 5.73 Å². The van der Waals surface area contributed by atoms with Gasteiger partial charge in [0, 0.05) is 0 Å². The Kier molecular flexibility index (Phi) is 1.30. The molecule has 0 aliphatic rings. The van der Waals surface area contributed by atoms with Gasteiger partial charge in [-0.2, -0.15) is 0 Å². The van der Waals surface area contributed by atoms with Crippen LogP contribution in [-0.2, 0) is 0 Å². The van der Waals surface area contributed by atoms with Gasteiger partial charge >= 0.3 is 0 Å². The van der Waals surface area contributed by atoms with Gasteiger partial charge in [-0.3, -0.25) is 4.79 Å². The van der Waals surface area contributed by atoms with Crippen LogP contribution in [0, 0.1) is 6.07 Å². The molecule has 0 aliphatic heterocycles. The van der Waals surface area contributed by atoms with Crippen LogP contribution < -0.4 is 5.73 Å². The van der Waals surface area contributed by atoms with Crippen molar-refractivity contribution in [3.05, 3.63) is 22.4 Å². The van der Waals surface area contributed by atoms with Crippen LogP contribution >= 0.6 is 11.3 Å². The molecular weight excluding hydrogens is 122 g/mol. The van der Waals surface area contributed by atoms with Crippen LogP contribution in [0.2, 0.25) is 0 Å². The summed E-state index contributed by atoms with van der Waals surface area (Å²) in [7, 11) is 0. The Labute approximate surface area is 50.9 Å². The van der Waals surface area contributed by atoms with Crippen LogP contribution in [0.1, 0.15) is 9.67 Å². The minimum atomic E-state index is -0.378. The van der Waals surface area contributed by atoms with E-state index in [2.05, 4.69) is 6.07 Å². The van der Waals surface area contributed by atoms with Crippen molar-refractivity contribution in [3.8, 4) is 0 Å². The smallest absolute Gasteiger partial charge is 0.258 e. The molecule has 0 aliphatic carbocycles. The summed E-state index contributed by atoms with van der Waals surface area (Å²) in [5.74, 6) is -0.378. The first-order valence-corrected chi connectivity index (χ1v) is 2.93. The van der Waals surface area contributed by atoms with Gasteiger partial charge in [-0.1, -0.05) is 0 Å². The number of rotatable bonds is 1.